The Bertz CT molecular complexity index is 528. The van der Waals surface area contributed by atoms with Crippen molar-refractivity contribution in [3.63, 3.8) is 0 Å². The van der Waals surface area contributed by atoms with Crippen LogP contribution in [0.15, 0.2) is 36.4 Å². The Kier molecular flexibility index (Phi) is 3.24. The minimum atomic E-state index is -2.55. The standard InChI is InChI=1S/C13H13F2NO/c1-17-11-5-4-8-6-10(12(16)13(14)15)3-2-9(8)7-11/h2-7,12-13H,16H2,1H3/t12-/m1/s1. The number of hydrogen-bond donors (Lipinski definition) is 1. The van der Waals surface area contributed by atoms with E-state index >= 15 is 0 Å². The molecule has 0 radical (unpaired) electrons. The molecule has 2 aromatic carbocycles. The zero-order valence-corrected chi connectivity index (χ0v) is 9.36. The second kappa shape index (κ2) is 4.67. The molecule has 0 aliphatic rings. The highest BCUT2D eigenvalue weighted by Gasteiger charge is 2.17. The Morgan fingerprint density at radius 3 is 2.35 bits per heavy atom. The van der Waals surface area contributed by atoms with Gasteiger partial charge in [-0.15, -0.1) is 0 Å². The molecule has 0 spiro atoms. The Balaban J connectivity index is 2.44. The van der Waals surface area contributed by atoms with Crippen molar-refractivity contribution in [3.05, 3.63) is 42.0 Å². The van der Waals surface area contributed by atoms with Gasteiger partial charge in [-0.2, -0.15) is 0 Å². The monoisotopic (exact) mass is 237 g/mol. The molecule has 4 heteroatoms. The lowest BCUT2D eigenvalue weighted by Crippen LogP contribution is -2.18. The molecule has 2 rings (SSSR count). The third-order valence-electron chi connectivity index (χ3n) is 2.73. The van der Waals surface area contributed by atoms with Gasteiger partial charge in [0.15, 0.2) is 0 Å². The smallest absolute Gasteiger partial charge is 0.257 e. The van der Waals surface area contributed by atoms with E-state index in [2.05, 4.69) is 0 Å². The summed E-state index contributed by atoms with van der Waals surface area (Å²) < 4.78 is 30.1. The van der Waals surface area contributed by atoms with Crippen LogP contribution < -0.4 is 10.5 Å². The van der Waals surface area contributed by atoms with Gasteiger partial charge in [-0.05, 0) is 34.5 Å². The van der Waals surface area contributed by atoms with Crippen LogP contribution in [0.25, 0.3) is 10.8 Å². The van der Waals surface area contributed by atoms with Crippen LogP contribution in [-0.2, 0) is 0 Å². The first kappa shape index (κ1) is 11.8. The number of halogens is 2. The van der Waals surface area contributed by atoms with Gasteiger partial charge in [-0.3, -0.25) is 0 Å². The van der Waals surface area contributed by atoms with E-state index < -0.39 is 12.5 Å². The lowest BCUT2D eigenvalue weighted by molar-refractivity contribution is 0.116. The van der Waals surface area contributed by atoms with Crippen LogP contribution in [0.3, 0.4) is 0 Å². The van der Waals surface area contributed by atoms with Gasteiger partial charge >= 0.3 is 0 Å². The molecule has 90 valence electrons. The minimum Gasteiger partial charge on any atom is -0.497 e. The van der Waals surface area contributed by atoms with E-state index in [9.17, 15) is 8.78 Å². The van der Waals surface area contributed by atoms with E-state index in [1.807, 2.05) is 12.1 Å². The van der Waals surface area contributed by atoms with Crippen molar-refractivity contribution in [2.24, 2.45) is 5.73 Å². The molecule has 0 heterocycles. The van der Waals surface area contributed by atoms with Crippen molar-refractivity contribution < 1.29 is 13.5 Å². The third-order valence-corrected chi connectivity index (χ3v) is 2.73. The van der Waals surface area contributed by atoms with Gasteiger partial charge in [0.1, 0.15) is 5.75 Å². The average molecular weight is 237 g/mol. The molecule has 0 saturated heterocycles. The van der Waals surface area contributed by atoms with Gasteiger partial charge in [0.25, 0.3) is 6.43 Å². The molecule has 2 N–H and O–H groups in total. The first-order chi connectivity index (χ1) is 8.11. The average Bonchev–Trinajstić information content (AvgIpc) is 2.36. The van der Waals surface area contributed by atoms with Crippen LogP contribution in [0.2, 0.25) is 0 Å². The van der Waals surface area contributed by atoms with Crippen LogP contribution in [-0.4, -0.2) is 13.5 Å². The Labute approximate surface area is 98.0 Å². The predicted molar refractivity (Wildman–Crippen MR) is 63.4 cm³/mol. The SMILES string of the molecule is COc1ccc2cc([C@@H](N)C(F)F)ccc2c1. The number of methoxy groups -OCH3 is 1. The maximum atomic E-state index is 12.5. The van der Waals surface area contributed by atoms with Crippen molar-refractivity contribution >= 4 is 10.8 Å². The molecule has 17 heavy (non-hydrogen) atoms. The lowest BCUT2D eigenvalue weighted by Gasteiger charge is -2.11. The Morgan fingerprint density at radius 1 is 1.06 bits per heavy atom. The zero-order chi connectivity index (χ0) is 12.4. The highest BCUT2D eigenvalue weighted by molar-refractivity contribution is 5.84. The summed E-state index contributed by atoms with van der Waals surface area (Å²) in [6, 6.07) is 9.32. The van der Waals surface area contributed by atoms with Gasteiger partial charge in [-0.25, -0.2) is 8.78 Å². The molecule has 0 aliphatic carbocycles. The number of nitrogens with two attached hydrogens (primary N) is 1. The first-order valence-electron chi connectivity index (χ1n) is 5.23. The summed E-state index contributed by atoms with van der Waals surface area (Å²) in [5.74, 6) is 0.739. The topological polar surface area (TPSA) is 35.2 Å². The van der Waals surface area contributed by atoms with Crippen molar-refractivity contribution in [1.29, 1.82) is 0 Å². The number of fused-ring (bicyclic) bond motifs is 1. The van der Waals surface area contributed by atoms with Gasteiger partial charge < -0.3 is 10.5 Å². The number of ether oxygens (including phenoxy) is 1. The summed E-state index contributed by atoms with van der Waals surface area (Å²) in [7, 11) is 1.59. The summed E-state index contributed by atoms with van der Waals surface area (Å²) >= 11 is 0. The molecule has 0 amide bonds. The molecule has 0 bridgehead atoms. The normalized spacial score (nSPS) is 13.0. The zero-order valence-electron chi connectivity index (χ0n) is 9.36. The molecular formula is C13H13F2NO. The summed E-state index contributed by atoms with van der Waals surface area (Å²) in [5, 5.41) is 1.81. The molecular weight excluding hydrogens is 224 g/mol. The molecule has 0 saturated carbocycles. The predicted octanol–water partition coefficient (Wildman–Crippen LogP) is 3.11. The highest BCUT2D eigenvalue weighted by Crippen LogP contribution is 2.25. The summed E-state index contributed by atoms with van der Waals surface area (Å²) in [6.07, 6.45) is -2.55. The van der Waals surface area contributed by atoms with E-state index in [1.165, 1.54) is 0 Å². The van der Waals surface area contributed by atoms with Crippen LogP contribution in [0.4, 0.5) is 8.78 Å². The maximum absolute atomic E-state index is 12.5. The van der Waals surface area contributed by atoms with Gasteiger partial charge in [-0.1, -0.05) is 18.2 Å². The van der Waals surface area contributed by atoms with Crippen molar-refractivity contribution in [1.82, 2.24) is 0 Å². The van der Waals surface area contributed by atoms with Crippen LogP contribution in [0.1, 0.15) is 11.6 Å². The van der Waals surface area contributed by atoms with E-state index in [0.717, 1.165) is 16.5 Å². The maximum Gasteiger partial charge on any atom is 0.257 e. The first-order valence-corrected chi connectivity index (χ1v) is 5.23. The molecule has 0 aliphatic heterocycles. The summed E-state index contributed by atoms with van der Waals surface area (Å²) in [4.78, 5) is 0. The summed E-state index contributed by atoms with van der Waals surface area (Å²) in [6.45, 7) is 0. The van der Waals surface area contributed by atoms with Crippen molar-refractivity contribution in [2.75, 3.05) is 7.11 Å². The molecule has 2 nitrogen and oxygen atoms in total. The van der Waals surface area contributed by atoms with E-state index in [1.54, 1.807) is 31.4 Å². The molecule has 1 atom stereocenters. The van der Waals surface area contributed by atoms with Crippen molar-refractivity contribution in [3.8, 4) is 5.75 Å². The second-order valence-corrected chi connectivity index (χ2v) is 3.83. The fourth-order valence-electron chi connectivity index (χ4n) is 1.72. The quantitative estimate of drug-likeness (QED) is 0.890. The van der Waals surface area contributed by atoms with Gasteiger partial charge in [0.2, 0.25) is 0 Å². The minimum absolute atomic E-state index is 0.442. The molecule has 0 aromatic heterocycles. The van der Waals surface area contributed by atoms with Crippen LogP contribution in [0, 0.1) is 0 Å². The van der Waals surface area contributed by atoms with E-state index in [-0.39, 0.29) is 0 Å². The van der Waals surface area contributed by atoms with Crippen molar-refractivity contribution in [2.45, 2.75) is 12.5 Å². The van der Waals surface area contributed by atoms with Gasteiger partial charge in [0, 0.05) is 0 Å². The number of rotatable bonds is 3. The molecule has 2 aromatic rings. The Morgan fingerprint density at radius 2 is 1.71 bits per heavy atom. The van der Waals surface area contributed by atoms with Gasteiger partial charge in [0.05, 0.1) is 13.2 Å². The fraction of sp³-hybridized carbons (Fsp3) is 0.231. The fourth-order valence-corrected chi connectivity index (χ4v) is 1.72. The number of hydrogen-bond acceptors (Lipinski definition) is 2. The largest absolute Gasteiger partial charge is 0.497 e. The molecule has 0 unspecified atom stereocenters. The highest BCUT2D eigenvalue weighted by atomic mass is 19.3. The Hall–Kier alpha value is -1.68. The van der Waals surface area contributed by atoms with Crippen LogP contribution >= 0.6 is 0 Å². The second-order valence-electron chi connectivity index (χ2n) is 3.83. The van der Waals surface area contributed by atoms with Crippen LogP contribution in [0.5, 0.6) is 5.75 Å². The van der Waals surface area contributed by atoms with E-state index in [0.29, 0.717) is 5.56 Å². The number of benzene rings is 2. The number of alkyl halides is 2. The van der Waals surface area contributed by atoms with E-state index in [4.69, 9.17) is 10.5 Å². The third kappa shape index (κ3) is 2.36. The summed E-state index contributed by atoms with van der Waals surface area (Å²) in [5.41, 5.74) is 5.85. The lowest BCUT2D eigenvalue weighted by atomic mass is 10.0. The molecule has 0 fully saturated rings.